The van der Waals surface area contributed by atoms with Crippen LogP contribution in [0.5, 0.6) is 11.5 Å². The van der Waals surface area contributed by atoms with Crippen molar-refractivity contribution in [3.8, 4) is 17.3 Å². The summed E-state index contributed by atoms with van der Waals surface area (Å²) in [4.78, 5) is 14.4. The number of aromatic nitrogens is 3. The van der Waals surface area contributed by atoms with Crippen LogP contribution >= 0.6 is 0 Å². The van der Waals surface area contributed by atoms with Crippen molar-refractivity contribution in [2.75, 3.05) is 16.5 Å². The average Bonchev–Trinajstić information content (AvgIpc) is 3.86. The summed E-state index contributed by atoms with van der Waals surface area (Å²) in [6, 6.07) is 30.6. The zero-order chi connectivity index (χ0) is 31.0. The Hall–Kier alpha value is -4.84. The van der Waals surface area contributed by atoms with Gasteiger partial charge in [0.15, 0.2) is 0 Å². The van der Waals surface area contributed by atoms with E-state index in [-0.39, 0.29) is 5.41 Å². The molecule has 0 amide bonds. The van der Waals surface area contributed by atoms with Gasteiger partial charge < -0.3 is 14.5 Å². The molecule has 4 heterocycles. The van der Waals surface area contributed by atoms with E-state index < -0.39 is 0 Å². The highest BCUT2D eigenvalue weighted by Gasteiger charge is 2.45. The summed E-state index contributed by atoms with van der Waals surface area (Å²) in [6.45, 7) is 7.58. The third-order valence-corrected chi connectivity index (χ3v) is 10.6. The summed E-state index contributed by atoms with van der Waals surface area (Å²) < 4.78 is 8.89. The third-order valence-electron chi connectivity index (χ3n) is 10.6. The fourth-order valence-corrected chi connectivity index (χ4v) is 8.35. The van der Waals surface area contributed by atoms with Crippen molar-refractivity contribution >= 4 is 38.9 Å². The van der Waals surface area contributed by atoms with Crippen LogP contribution in [0.2, 0.25) is 0 Å². The molecule has 6 nitrogen and oxygen atoms in total. The predicted molar refractivity (Wildman–Crippen MR) is 187 cm³/mol. The van der Waals surface area contributed by atoms with E-state index in [1.165, 1.54) is 53.4 Å². The number of nitrogens with zero attached hydrogens (tertiary/aromatic N) is 5. The van der Waals surface area contributed by atoms with E-state index in [2.05, 4.69) is 131 Å². The van der Waals surface area contributed by atoms with Crippen LogP contribution < -0.4 is 14.5 Å². The van der Waals surface area contributed by atoms with E-state index >= 15 is 0 Å². The third kappa shape index (κ3) is 4.45. The SMILES string of the molecule is CC(C)(C)c1ccnc(-n2c3ccccc3c3ccc(Oc4cccc(N5CN(C6CC7CCC6C7)c6cnccc65)c4)cc32)c1. The number of rotatable bonds is 5. The van der Waals surface area contributed by atoms with Gasteiger partial charge in [-0.1, -0.05) is 51.5 Å². The minimum atomic E-state index is 0.0237. The fraction of sp³-hybridized carbons (Fsp3) is 0.300. The van der Waals surface area contributed by atoms with E-state index in [0.29, 0.717) is 6.04 Å². The first kappa shape index (κ1) is 27.5. The van der Waals surface area contributed by atoms with Crippen molar-refractivity contribution in [3.63, 3.8) is 0 Å². The number of pyridine rings is 2. The molecule has 6 aromatic rings. The van der Waals surface area contributed by atoms with Gasteiger partial charge in [-0.05, 0) is 90.6 Å². The van der Waals surface area contributed by atoms with Gasteiger partial charge in [0.25, 0.3) is 0 Å². The number of anilines is 3. The molecular formula is C40H39N5O. The Morgan fingerprint density at radius 1 is 0.761 bits per heavy atom. The minimum absolute atomic E-state index is 0.0237. The van der Waals surface area contributed by atoms with Crippen molar-refractivity contribution in [3.05, 3.63) is 109 Å². The number of fused-ring (bicyclic) bond motifs is 6. The monoisotopic (exact) mass is 605 g/mol. The standard InChI is InChI=1S/C40H39N5O/c1-40(2,3)28-15-18-42-39(21-28)45-34-10-5-4-9-32(34)33-14-13-31(23-37(33)45)46-30-8-6-7-29(22-30)43-25-44(38-24-41-17-16-35(38)43)36-20-26-11-12-27(36)19-26/h4-10,13-18,21-24,26-27,36H,11-12,19-20,25H2,1-3H3. The van der Waals surface area contributed by atoms with Crippen molar-refractivity contribution in [2.24, 2.45) is 11.8 Å². The van der Waals surface area contributed by atoms with Gasteiger partial charge in [-0.2, -0.15) is 0 Å². The summed E-state index contributed by atoms with van der Waals surface area (Å²) in [6.07, 6.45) is 11.4. The Labute approximate surface area is 270 Å². The summed E-state index contributed by atoms with van der Waals surface area (Å²) in [7, 11) is 0. The highest BCUT2D eigenvalue weighted by atomic mass is 16.5. The first-order valence-corrected chi connectivity index (χ1v) is 16.7. The molecule has 6 heteroatoms. The zero-order valence-electron chi connectivity index (χ0n) is 26.7. The number of hydrogen-bond acceptors (Lipinski definition) is 5. The lowest BCUT2D eigenvalue weighted by atomic mass is 9.88. The molecule has 2 saturated carbocycles. The van der Waals surface area contributed by atoms with Crippen molar-refractivity contribution < 1.29 is 4.74 Å². The molecule has 3 aromatic carbocycles. The number of hydrogen-bond donors (Lipinski definition) is 0. The topological polar surface area (TPSA) is 46.4 Å². The van der Waals surface area contributed by atoms with Crippen LogP contribution in [-0.2, 0) is 5.41 Å². The summed E-state index contributed by atoms with van der Waals surface area (Å²) in [5, 5.41) is 2.39. The van der Waals surface area contributed by atoms with Gasteiger partial charge in [0.1, 0.15) is 17.3 Å². The molecule has 9 rings (SSSR count). The van der Waals surface area contributed by atoms with Gasteiger partial charge in [0.2, 0.25) is 0 Å². The summed E-state index contributed by atoms with van der Waals surface area (Å²) >= 11 is 0. The highest BCUT2D eigenvalue weighted by molar-refractivity contribution is 6.09. The van der Waals surface area contributed by atoms with E-state index in [9.17, 15) is 0 Å². The lowest BCUT2D eigenvalue weighted by Crippen LogP contribution is -2.40. The van der Waals surface area contributed by atoms with Crippen LogP contribution in [0, 0.1) is 11.8 Å². The molecule has 0 N–H and O–H groups in total. The van der Waals surface area contributed by atoms with E-state index in [1.54, 1.807) is 0 Å². The Kier molecular flexibility index (Phi) is 6.18. The second-order valence-corrected chi connectivity index (χ2v) is 14.4. The number of para-hydroxylation sites is 1. The fourth-order valence-electron chi connectivity index (χ4n) is 8.35. The molecule has 2 bridgehead atoms. The smallest absolute Gasteiger partial charge is 0.137 e. The lowest BCUT2D eigenvalue weighted by Gasteiger charge is -2.33. The van der Waals surface area contributed by atoms with Crippen LogP contribution in [0.4, 0.5) is 17.1 Å². The molecule has 0 radical (unpaired) electrons. The lowest BCUT2D eigenvalue weighted by molar-refractivity contribution is 0.398. The largest absolute Gasteiger partial charge is 0.457 e. The van der Waals surface area contributed by atoms with Crippen molar-refractivity contribution in [2.45, 2.75) is 57.9 Å². The molecule has 3 unspecified atom stereocenters. The Morgan fingerprint density at radius 3 is 2.48 bits per heavy atom. The number of ether oxygens (including phenoxy) is 1. The normalized spacial score (nSPS) is 20.6. The van der Waals surface area contributed by atoms with Gasteiger partial charge in [0, 0.05) is 47.0 Å². The van der Waals surface area contributed by atoms with Crippen molar-refractivity contribution in [1.82, 2.24) is 14.5 Å². The molecule has 230 valence electrons. The van der Waals surface area contributed by atoms with Crippen LogP contribution in [0.1, 0.15) is 52.0 Å². The van der Waals surface area contributed by atoms with E-state index in [4.69, 9.17) is 9.72 Å². The average molecular weight is 606 g/mol. The van der Waals surface area contributed by atoms with Crippen LogP contribution in [0.3, 0.4) is 0 Å². The quantitative estimate of drug-likeness (QED) is 0.196. The van der Waals surface area contributed by atoms with E-state index in [0.717, 1.165) is 52.5 Å². The minimum Gasteiger partial charge on any atom is -0.457 e. The molecule has 2 fully saturated rings. The molecule has 0 saturated heterocycles. The maximum absolute atomic E-state index is 6.62. The predicted octanol–water partition coefficient (Wildman–Crippen LogP) is 9.77. The van der Waals surface area contributed by atoms with Gasteiger partial charge in [-0.3, -0.25) is 9.55 Å². The molecule has 3 aliphatic rings. The van der Waals surface area contributed by atoms with Gasteiger partial charge >= 0.3 is 0 Å². The molecule has 3 aromatic heterocycles. The molecule has 2 aliphatic carbocycles. The second-order valence-electron chi connectivity index (χ2n) is 14.4. The second kappa shape index (κ2) is 10.3. The van der Waals surface area contributed by atoms with Crippen LogP contribution in [0.25, 0.3) is 27.6 Å². The van der Waals surface area contributed by atoms with Crippen LogP contribution in [-0.4, -0.2) is 27.2 Å². The molecule has 0 spiro atoms. The highest BCUT2D eigenvalue weighted by Crippen LogP contribution is 2.51. The molecular weight excluding hydrogens is 566 g/mol. The molecule has 3 atom stereocenters. The first-order chi connectivity index (χ1) is 22.4. The van der Waals surface area contributed by atoms with Crippen LogP contribution in [0.15, 0.2) is 104 Å². The van der Waals surface area contributed by atoms with E-state index in [1.807, 2.05) is 12.4 Å². The first-order valence-electron chi connectivity index (χ1n) is 16.7. The van der Waals surface area contributed by atoms with Crippen molar-refractivity contribution in [1.29, 1.82) is 0 Å². The molecule has 46 heavy (non-hydrogen) atoms. The van der Waals surface area contributed by atoms with Gasteiger partial charge in [-0.15, -0.1) is 0 Å². The Bertz CT molecular complexity index is 2110. The summed E-state index contributed by atoms with van der Waals surface area (Å²) in [5.41, 5.74) is 7.11. The zero-order valence-corrected chi connectivity index (χ0v) is 26.7. The van der Waals surface area contributed by atoms with Gasteiger partial charge in [0.05, 0.1) is 35.3 Å². The summed E-state index contributed by atoms with van der Waals surface area (Å²) in [5.74, 6) is 4.25. The Balaban J connectivity index is 1.07. The number of benzene rings is 3. The maximum Gasteiger partial charge on any atom is 0.137 e. The maximum atomic E-state index is 6.62. The molecule has 1 aliphatic heterocycles. The van der Waals surface area contributed by atoms with Gasteiger partial charge in [-0.25, -0.2) is 4.98 Å². The Morgan fingerprint density at radius 2 is 1.63 bits per heavy atom.